The van der Waals surface area contributed by atoms with Crippen LogP contribution in [0.15, 0.2) is 18.2 Å². The fourth-order valence-electron chi connectivity index (χ4n) is 3.24. The highest BCUT2D eigenvalue weighted by atomic mass is 16.6. The first-order valence-electron chi connectivity index (χ1n) is 9.67. The first-order valence-corrected chi connectivity index (χ1v) is 9.67. The summed E-state index contributed by atoms with van der Waals surface area (Å²) in [6, 6.07) is 4.64. The predicted octanol–water partition coefficient (Wildman–Crippen LogP) is 3.15. The number of nitrogens with zero attached hydrogens (tertiary/aromatic N) is 3. The van der Waals surface area contributed by atoms with Crippen molar-refractivity contribution >= 4 is 23.4 Å². The first-order chi connectivity index (χ1) is 13.5. The van der Waals surface area contributed by atoms with Crippen molar-refractivity contribution in [1.29, 1.82) is 0 Å². The average molecular weight is 407 g/mol. The summed E-state index contributed by atoms with van der Waals surface area (Å²) in [5.74, 6) is -0.421. The van der Waals surface area contributed by atoms with Crippen molar-refractivity contribution in [1.82, 2.24) is 4.90 Å². The minimum Gasteiger partial charge on any atom is -0.464 e. The SMILES string of the molecule is CCc1cc(N2CCN(C(=O)OC(C)(C)C)[C@@H](COC(C)=O)C2)ccc1[N+](=O)[O-]. The molecular formula is C20H29N3O6. The van der Waals surface area contributed by atoms with Crippen LogP contribution in [0.25, 0.3) is 0 Å². The lowest BCUT2D eigenvalue weighted by Gasteiger charge is -2.42. The smallest absolute Gasteiger partial charge is 0.410 e. The quantitative estimate of drug-likeness (QED) is 0.420. The van der Waals surface area contributed by atoms with Crippen LogP contribution in [0.1, 0.15) is 40.2 Å². The Labute approximate surface area is 170 Å². The van der Waals surface area contributed by atoms with E-state index in [4.69, 9.17) is 9.47 Å². The molecule has 1 fully saturated rings. The fourth-order valence-corrected chi connectivity index (χ4v) is 3.24. The molecule has 0 aromatic heterocycles. The zero-order valence-electron chi connectivity index (χ0n) is 17.6. The number of nitro benzene ring substituents is 1. The van der Waals surface area contributed by atoms with Gasteiger partial charge in [0, 0.05) is 43.9 Å². The van der Waals surface area contributed by atoms with Gasteiger partial charge in [-0.15, -0.1) is 0 Å². The van der Waals surface area contributed by atoms with Gasteiger partial charge >= 0.3 is 12.1 Å². The van der Waals surface area contributed by atoms with Gasteiger partial charge in [0.05, 0.1) is 11.0 Å². The second-order valence-corrected chi connectivity index (χ2v) is 8.00. The molecule has 0 saturated carbocycles. The zero-order valence-corrected chi connectivity index (χ0v) is 17.6. The van der Waals surface area contributed by atoms with Gasteiger partial charge in [-0.1, -0.05) is 6.92 Å². The van der Waals surface area contributed by atoms with Crippen molar-refractivity contribution < 1.29 is 24.0 Å². The molecule has 9 nitrogen and oxygen atoms in total. The minimum absolute atomic E-state index is 0.0543. The maximum Gasteiger partial charge on any atom is 0.410 e. The second-order valence-electron chi connectivity index (χ2n) is 8.00. The van der Waals surface area contributed by atoms with Gasteiger partial charge in [-0.05, 0) is 39.3 Å². The summed E-state index contributed by atoms with van der Waals surface area (Å²) in [5, 5.41) is 11.2. The van der Waals surface area contributed by atoms with E-state index in [-0.39, 0.29) is 23.3 Å². The van der Waals surface area contributed by atoms with E-state index in [0.29, 0.717) is 31.6 Å². The molecule has 0 unspecified atom stereocenters. The number of ether oxygens (including phenoxy) is 2. The number of esters is 1. The molecule has 0 spiro atoms. The zero-order chi connectivity index (χ0) is 21.8. The number of hydrogen-bond donors (Lipinski definition) is 0. The Morgan fingerprint density at radius 3 is 2.52 bits per heavy atom. The third kappa shape index (κ3) is 6.07. The maximum atomic E-state index is 12.6. The second kappa shape index (κ2) is 9.11. The molecule has 0 aliphatic carbocycles. The van der Waals surface area contributed by atoms with Crippen LogP contribution in [-0.2, 0) is 20.7 Å². The van der Waals surface area contributed by atoms with E-state index in [0.717, 1.165) is 5.69 Å². The van der Waals surface area contributed by atoms with E-state index in [1.54, 1.807) is 31.7 Å². The summed E-state index contributed by atoms with van der Waals surface area (Å²) in [6.07, 6.45) is 0.0890. The van der Waals surface area contributed by atoms with E-state index in [9.17, 15) is 19.7 Å². The Bertz CT molecular complexity index is 774. The van der Waals surface area contributed by atoms with E-state index in [1.165, 1.54) is 13.0 Å². The van der Waals surface area contributed by atoms with E-state index >= 15 is 0 Å². The predicted molar refractivity (Wildman–Crippen MR) is 108 cm³/mol. The van der Waals surface area contributed by atoms with Crippen LogP contribution in [0.4, 0.5) is 16.2 Å². The number of hydrogen-bond acceptors (Lipinski definition) is 7. The summed E-state index contributed by atoms with van der Waals surface area (Å²) in [6.45, 7) is 9.99. The molecule has 29 heavy (non-hydrogen) atoms. The third-order valence-electron chi connectivity index (χ3n) is 4.60. The molecule has 1 saturated heterocycles. The Hall–Kier alpha value is -2.84. The first kappa shape index (κ1) is 22.4. The van der Waals surface area contributed by atoms with Gasteiger partial charge in [-0.25, -0.2) is 4.79 Å². The van der Waals surface area contributed by atoms with Gasteiger partial charge in [-0.2, -0.15) is 0 Å². The molecule has 1 aliphatic heterocycles. The molecule has 2 rings (SSSR count). The number of benzene rings is 1. The van der Waals surface area contributed by atoms with Gasteiger partial charge in [0.25, 0.3) is 5.69 Å². The largest absolute Gasteiger partial charge is 0.464 e. The molecule has 0 radical (unpaired) electrons. The van der Waals surface area contributed by atoms with Crippen LogP contribution in [0.5, 0.6) is 0 Å². The highest BCUT2D eigenvalue weighted by Crippen LogP contribution is 2.27. The number of carbonyl (C=O) groups excluding carboxylic acids is 2. The lowest BCUT2D eigenvalue weighted by atomic mass is 10.1. The summed E-state index contributed by atoms with van der Waals surface area (Å²) >= 11 is 0. The van der Waals surface area contributed by atoms with Gasteiger partial charge in [0.2, 0.25) is 0 Å². The minimum atomic E-state index is -0.630. The summed E-state index contributed by atoms with van der Waals surface area (Å²) in [7, 11) is 0. The summed E-state index contributed by atoms with van der Waals surface area (Å²) in [4.78, 5) is 38.3. The van der Waals surface area contributed by atoms with Gasteiger partial charge in [0.15, 0.2) is 0 Å². The Morgan fingerprint density at radius 2 is 1.97 bits per heavy atom. The molecule has 0 N–H and O–H groups in total. The number of anilines is 1. The third-order valence-corrected chi connectivity index (χ3v) is 4.60. The van der Waals surface area contributed by atoms with Crippen molar-refractivity contribution in [3.05, 3.63) is 33.9 Å². The molecule has 1 heterocycles. The van der Waals surface area contributed by atoms with Crippen LogP contribution in [0.2, 0.25) is 0 Å². The average Bonchev–Trinajstić information content (AvgIpc) is 2.64. The number of piperazine rings is 1. The van der Waals surface area contributed by atoms with Crippen molar-refractivity contribution in [3.63, 3.8) is 0 Å². The monoisotopic (exact) mass is 407 g/mol. The van der Waals surface area contributed by atoms with Crippen molar-refractivity contribution in [2.75, 3.05) is 31.1 Å². The van der Waals surface area contributed by atoms with Crippen LogP contribution in [0, 0.1) is 10.1 Å². The van der Waals surface area contributed by atoms with E-state index in [2.05, 4.69) is 0 Å². The molecule has 1 aliphatic rings. The normalized spacial score (nSPS) is 17.1. The van der Waals surface area contributed by atoms with Gasteiger partial charge in [-0.3, -0.25) is 19.8 Å². The van der Waals surface area contributed by atoms with Crippen molar-refractivity contribution in [2.24, 2.45) is 0 Å². The van der Waals surface area contributed by atoms with Gasteiger partial charge < -0.3 is 14.4 Å². The van der Waals surface area contributed by atoms with Crippen LogP contribution >= 0.6 is 0 Å². The number of nitro groups is 1. The summed E-state index contributed by atoms with van der Waals surface area (Å²) < 4.78 is 10.7. The topological polar surface area (TPSA) is 102 Å². The molecule has 1 aromatic rings. The standard InChI is InChI=1S/C20H29N3O6/c1-6-15-11-16(7-8-18(15)23(26)27)21-9-10-22(19(25)29-20(3,4)5)17(12-21)13-28-14(2)24/h7-8,11,17H,6,9-10,12-13H2,1-5H3/t17-/m1/s1. The van der Waals surface area contributed by atoms with Crippen LogP contribution in [0.3, 0.4) is 0 Å². The van der Waals surface area contributed by atoms with Crippen molar-refractivity contribution in [3.8, 4) is 0 Å². The maximum absolute atomic E-state index is 12.6. The van der Waals surface area contributed by atoms with Crippen LogP contribution < -0.4 is 4.90 Å². The molecule has 1 amide bonds. The highest BCUT2D eigenvalue weighted by Gasteiger charge is 2.34. The number of amides is 1. The van der Waals surface area contributed by atoms with E-state index < -0.39 is 17.7 Å². The molecule has 0 bridgehead atoms. The fraction of sp³-hybridized carbons (Fsp3) is 0.600. The summed E-state index contributed by atoms with van der Waals surface area (Å²) in [5.41, 5.74) is 0.956. The molecule has 160 valence electrons. The Balaban J connectivity index is 2.22. The Kier molecular flexibility index (Phi) is 7.05. The lowest BCUT2D eigenvalue weighted by Crippen LogP contribution is -2.58. The van der Waals surface area contributed by atoms with Crippen LogP contribution in [-0.4, -0.2) is 59.8 Å². The molecular weight excluding hydrogens is 378 g/mol. The number of carbonyl (C=O) groups is 2. The Morgan fingerprint density at radius 1 is 1.28 bits per heavy atom. The highest BCUT2D eigenvalue weighted by molar-refractivity contribution is 5.70. The van der Waals surface area contributed by atoms with E-state index in [1.807, 2.05) is 17.9 Å². The number of rotatable bonds is 5. The molecule has 1 aromatic carbocycles. The lowest BCUT2D eigenvalue weighted by molar-refractivity contribution is -0.385. The van der Waals surface area contributed by atoms with Crippen molar-refractivity contribution in [2.45, 2.75) is 52.7 Å². The molecule has 9 heteroatoms. The molecule has 1 atom stereocenters. The number of aryl methyl sites for hydroxylation is 1. The van der Waals surface area contributed by atoms with Gasteiger partial charge in [0.1, 0.15) is 12.2 Å².